The zero-order valence-electron chi connectivity index (χ0n) is 11.0. The number of nitrogens with zero attached hydrogens (tertiary/aromatic N) is 4. The summed E-state index contributed by atoms with van der Waals surface area (Å²) in [6, 6.07) is 4.76. The van der Waals surface area contributed by atoms with E-state index in [9.17, 15) is 18.0 Å². The van der Waals surface area contributed by atoms with Crippen LogP contribution in [0.3, 0.4) is 0 Å². The number of rotatable bonds is 4. The van der Waals surface area contributed by atoms with Gasteiger partial charge in [0.25, 0.3) is 0 Å². The van der Waals surface area contributed by atoms with Crippen LogP contribution in [0.15, 0.2) is 29.4 Å². The Hall–Kier alpha value is -2.21. The fourth-order valence-electron chi connectivity index (χ4n) is 2.30. The van der Waals surface area contributed by atoms with E-state index in [2.05, 4.69) is 10.0 Å². The lowest BCUT2D eigenvalue weighted by molar-refractivity contribution is -0.137. The van der Waals surface area contributed by atoms with Crippen molar-refractivity contribution in [1.29, 1.82) is 0 Å². The first-order valence-electron chi connectivity index (χ1n) is 6.35. The van der Waals surface area contributed by atoms with Crippen LogP contribution in [0, 0.1) is 5.92 Å². The molecule has 21 heavy (non-hydrogen) atoms. The maximum atomic E-state index is 12.5. The molecule has 1 aliphatic heterocycles. The molecule has 1 aliphatic rings. The fourth-order valence-corrected chi connectivity index (χ4v) is 2.30. The number of carbonyl (C=O) groups is 1. The van der Waals surface area contributed by atoms with Gasteiger partial charge in [-0.1, -0.05) is 17.2 Å². The Bertz CT molecular complexity index is 564. The first-order valence-corrected chi connectivity index (χ1v) is 6.35. The van der Waals surface area contributed by atoms with E-state index in [0.717, 1.165) is 12.1 Å². The average Bonchev–Trinajstić information content (AvgIpc) is 2.76. The van der Waals surface area contributed by atoms with Crippen molar-refractivity contribution in [1.82, 2.24) is 4.90 Å². The molecule has 8 heteroatoms. The van der Waals surface area contributed by atoms with Gasteiger partial charge in [0.15, 0.2) is 0 Å². The van der Waals surface area contributed by atoms with Gasteiger partial charge >= 0.3 is 6.18 Å². The van der Waals surface area contributed by atoms with Crippen molar-refractivity contribution in [3.8, 4) is 0 Å². The zero-order chi connectivity index (χ0) is 15.5. The third kappa shape index (κ3) is 3.88. The Morgan fingerprint density at radius 3 is 2.57 bits per heavy atom. The van der Waals surface area contributed by atoms with Crippen LogP contribution < -0.4 is 0 Å². The molecule has 0 radical (unpaired) electrons. The molecule has 1 aromatic rings. The maximum Gasteiger partial charge on any atom is 0.416 e. The summed E-state index contributed by atoms with van der Waals surface area (Å²) in [5, 5.41) is 3.45. The SMILES string of the molecule is [N-]=[N+]=NCC1CC(=O)N(Cc2ccc(C(F)(F)F)cc2)C1. The Balaban J connectivity index is 1.99. The Morgan fingerprint density at radius 2 is 2.00 bits per heavy atom. The second-order valence-electron chi connectivity index (χ2n) is 4.95. The van der Waals surface area contributed by atoms with Crippen molar-refractivity contribution in [3.05, 3.63) is 45.8 Å². The van der Waals surface area contributed by atoms with Gasteiger partial charge in [0.1, 0.15) is 0 Å². The lowest BCUT2D eigenvalue weighted by Crippen LogP contribution is -2.24. The number of halogens is 3. The lowest BCUT2D eigenvalue weighted by atomic mass is 10.1. The van der Waals surface area contributed by atoms with E-state index in [1.54, 1.807) is 4.90 Å². The molecule has 1 heterocycles. The van der Waals surface area contributed by atoms with E-state index in [0.29, 0.717) is 18.5 Å². The minimum atomic E-state index is -4.36. The highest BCUT2D eigenvalue weighted by atomic mass is 19.4. The minimum Gasteiger partial charge on any atom is -0.338 e. The second kappa shape index (κ2) is 6.05. The van der Waals surface area contributed by atoms with Crippen LogP contribution in [-0.4, -0.2) is 23.9 Å². The van der Waals surface area contributed by atoms with E-state index in [4.69, 9.17) is 5.53 Å². The highest BCUT2D eigenvalue weighted by molar-refractivity contribution is 5.78. The largest absolute Gasteiger partial charge is 0.416 e. The van der Waals surface area contributed by atoms with Crippen LogP contribution in [0.5, 0.6) is 0 Å². The van der Waals surface area contributed by atoms with Gasteiger partial charge < -0.3 is 4.90 Å². The number of alkyl halides is 3. The summed E-state index contributed by atoms with van der Waals surface area (Å²) in [6.45, 7) is 0.981. The van der Waals surface area contributed by atoms with Gasteiger partial charge in [-0.05, 0) is 29.1 Å². The van der Waals surface area contributed by atoms with Crippen LogP contribution in [0.4, 0.5) is 13.2 Å². The molecule has 2 rings (SSSR count). The number of azide groups is 1. The number of hydrogen-bond donors (Lipinski definition) is 0. The molecule has 1 saturated heterocycles. The molecule has 1 unspecified atom stereocenters. The van der Waals surface area contributed by atoms with Gasteiger partial charge in [0.05, 0.1) is 5.56 Å². The Labute approximate surface area is 119 Å². The molecule has 112 valence electrons. The summed E-state index contributed by atoms with van der Waals surface area (Å²) in [5.74, 6) is -0.101. The van der Waals surface area contributed by atoms with Crippen LogP contribution in [0.1, 0.15) is 17.5 Å². The van der Waals surface area contributed by atoms with Crippen molar-refractivity contribution in [3.63, 3.8) is 0 Å². The highest BCUT2D eigenvalue weighted by Gasteiger charge is 2.31. The topological polar surface area (TPSA) is 69.1 Å². The quantitative estimate of drug-likeness (QED) is 0.477. The van der Waals surface area contributed by atoms with Gasteiger partial charge in [0.2, 0.25) is 5.91 Å². The highest BCUT2D eigenvalue weighted by Crippen LogP contribution is 2.29. The van der Waals surface area contributed by atoms with Crippen LogP contribution >= 0.6 is 0 Å². The molecule has 5 nitrogen and oxygen atoms in total. The lowest BCUT2D eigenvalue weighted by Gasteiger charge is -2.17. The molecular formula is C13H13F3N4O. The normalized spacial score (nSPS) is 18.7. The van der Waals surface area contributed by atoms with E-state index in [1.165, 1.54) is 12.1 Å². The van der Waals surface area contributed by atoms with Gasteiger partial charge in [-0.2, -0.15) is 13.2 Å². The molecule has 0 aromatic heterocycles. The summed E-state index contributed by atoms with van der Waals surface area (Å²) < 4.78 is 37.4. The van der Waals surface area contributed by atoms with Crippen molar-refractivity contribution in [2.75, 3.05) is 13.1 Å². The standard InChI is InChI=1S/C13H13F3N4O/c14-13(15,16)11-3-1-9(2-4-11)7-20-8-10(5-12(20)21)6-18-19-17/h1-4,10H,5-8H2. The Morgan fingerprint density at radius 1 is 1.33 bits per heavy atom. The van der Waals surface area contributed by atoms with Crippen molar-refractivity contribution < 1.29 is 18.0 Å². The van der Waals surface area contributed by atoms with Gasteiger partial charge in [-0.25, -0.2) is 0 Å². The van der Waals surface area contributed by atoms with Gasteiger partial charge in [-0.3, -0.25) is 4.79 Å². The Kier molecular flexibility index (Phi) is 4.37. The molecule has 0 N–H and O–H groups in total. The number of amides is 1. The molecule has 1 amide bonds. The summed E-state index contributed by atoms with van der Waals surface area (Å²) in [5.41, 5.74) is 8.18. The van der Waals surface area contributed by atoms with Crippen LogP contribution in [0.2, 0.25) is 0 Å². The summed E-state index contributed by atoms with van der Waals surface area (Å²) >= 11 is 0. The van der Waals surface area contributed by atoms with Crippen LogP contribution in [0.25, 0.3) is 10.4 Å². The first-order chi connectivity index (χ1) is 9.90. The molecular weight excluding hydrogens is 285 g/mol. The maximum absolute atomic E-state index is 12.5. The number of benzene rings is 1. The monoisotopic (exact) mass is 298 g/mol. The fraction of sp³-hybridized carbons (Fsp3) is 0.462. The minimum absolute atomic E-state index is 0.0251. The van der Waals surface area contributed by atoms with Gasteiger partial charge in [0, 0.05) is 31.0 Å². The van der Waals surface area contributed by atoms with Crippen molar-refractivity contribution in [2.45, 2.75) is 19.1 Å². The van der Waals surface area contributed by atoms with Crippen molar-refractivity contribution >= 4 is 5.91 Å². The predicted molar refractivity (Wildman–Crippen MR) is 69.0 cm³/mol. The number of hydrogen-bond acceptors (Lipinski definition) is 2. The van der Waals surface area contributed by atoms with E-state index in [-0.39, 0.29) is 24.9 Å². The molecule has 0 aliphatic carbocycles. The van der Waals surface area contributed by atoms with E-state index < -0.39 is 11.7 Å². The van der Waals surface area contributed by atoms with Crippen LogP contribution in [-0.2, 0) is 17.5 Å². The predicted octanol–water partition coefficient (Wildman–Crippen LogP) is 3.36. The molecule has 0 bridgehead atoms. The number of likely N-dealkylation sites (tertiary alicyclic amines) is 1. The second-order valence-corrected chi connectivity index (χ2v) is 4.95. The summed E-state index contributed by atoms with van der Waals surface area (Å²) in [7, 11) is 0. The average molecular weight is 298 g/mol. The van der Waals surface area contributed by atoms with Crippen molar-refractivity contribution in [2.24, 2.45) is 11.0 Å². The smallest absolute Gasteiger partial charge is 0.338 e. The zero-order valence-corrected chi connectivity index (χ0v) is 11.0. The molecule has 1 atom stereocenters. The molecule has 0 spiro atoms. The summed E-state index contributed by atoms with van der Waals surface area (Å²) in [6.07, 6.45) is -4.05. The third-order valence-electron chi connectivity index (χ3n) is 3.35. The van der Waals surface area contributed by atoms with Gasteiger partial charge in [-0.15, -0.1) is 0 Å². The van der Waals surface area contributed by atoms with E-state index in [1.807, 2.05) is 0 Å². The molecule has 0 saturated carbocycles. The molecule has 1 fully saturated rings. The summed E-state index contributed by atoms with van der Waals surface area (Å²) in [4.78, 5) is 16.0. The number of carbonyl (C=O) groups excluding carboxylic acids is 1. The van der Waals surface area contributed by atoms with E-state index >= 15 is 0 Å². The molecule has 1 aromatic carbocycles. The first kappa shape index (κ1) is 15.2. The third-order valence-corrected chi connectivity index (χ3v) is 3.35.